The molecule has 0 aliphatic carbocycles. The van der Waals surface area contributed by atoms with Gasteiger partial charge in [0.25, 0.3) is 0 Å². The maximum absolute atomic E-state index is 5.79. The van der Waals surface area contributed by atoms with Crippen LogP contribution in [0.25, 0.3) is 0 Å². The first-order chi connectivity index (χ1) is 8.18. The summed E-state index contributed by atoms with van der Waals surface area (Å²) in [5.41, 5.74) is 7.71. The minimum absolute atomic E-state index is 0.181. The van der Waals surface area contributed by atoms with Gasteiger partial charge in [0.1, 0.15) is 0 Å². The third-order valence-corrected chi connectivity index (χ3v) is 2.84. The highest BCUT2D eigenvalue weighted by Crippen LogP contribution is 2.23. The van der Waals surface area contributed by atoms with Crippen LogP contribution >= 0.6 is 0 Å². The zero-order valence-electron chi connectivity index (χ0n) is 10.0. The van der Waals surface area contributed by atoms with Gasteiger partial charge in [0.05, 0.1) is 6.04 Å². The van der Waals surface area contributed by atoms with E-state index in [0.717, 1.165) is 11.3 Å². The SMILES string of the molecule is CC(c1cccc(N)c1)N(C)c1ncccn1. The molecule has 0 aliphatic rings. The van der Waals surface area contributed by atoms with Gasteiger partial charge in [-0.2, -0.15) is 0 Å². The molecule has 0 saturated carbocycles. The number of nitrogen functional groups attached to an aromatic ring is 1. The van der Waals surface area contributed by atoms with Gasteiger partial charge in [0.2, 0.25) is 5.95 Å². The molecule has 0 radical (unpaired) electrons. The maximum Gasteiger partial charge on any atom is 0.225 e. The Morgan fingerprint density at radius 1 is 1.18 bits per heavy atom. The van der Waals surface area contributed by atoms with Gasteiger partial charge in [0.15, 0.2) is 0 Å². The molecule has 4 nitrogen and oxygen atoms in total. The van der Waals surface area contributed by atoms with Gasteiger partial charge in [-0.05, 0) is 30.7 Å². The molecule has 0 fully saturated rings. The van der Waals surface area contributed by atoms with Crippen molar-refractivity contribution in [1.29, 1.82) is 0 Å². The predicted octanol–water partition coefficient (Wildman–Crippen LogP) is 2.26. The quantitative estimate of drug-likeness (QED) is 0.819. The number of nitrogens with zero attached hydrogens (tertiary/aromatic N) is 3. The van der Waals surface area contributed by atoms with E-state index in [0.29, 0.717) is 5.95 Å². The van der Waals surface area contributed by atoms with Crippen LogP contribution in [0.5, 0.6) is 0 Å². The molecule has 4 heteroatoms. The number of benzene rings is 1. The van der Waals surface area contributed by atoms with Gasteiger partial charge in [-0.1, -0.05) is 12.1 Å². The third-order valence-electron chi connectivity index (χ3n) is 2.84. The molecule has 2 N–H and O–H groups in total. The molecule has 88 valence electrons. The van der Waals surface area contributed by atoms with Crippen molar-refractivity contribution in [1.82, 2.24) is 9.97 Å². The standard InChI is InChI=1S/C13H16N4/c1-10(11-5-3-6-12(14)9-11)17(2)13-15-7-4-8-16-13/h3-10H,14H2,1-2H3. The van der Waals surface area contributed by atoms with E-state index >= 15 is 0 Å². The number of hydrogen-bond acceptors (Lipinski definition) is 4. The van der Waals surface area contributed by atoms with Gasteiger partial charge in [0, 0.05) is 25.1 Å². The van der Waals surface area contributed by atoms with Crippen LogP contribution in [0.2, 0.25) is 0 Å². The molecular formula is C13H16N4. The summed E-state index contributed by atoms with van der Waals surface area (Å²) >= 11 is 0. The number of anilines is 2. The van der Waals surface area contributed by atoms with Crippen LogP contribution in [0.1, 0.15) is 18.5 Å². The van der Waals surface area contributed by atoms with E-state index < -0.39 is 0 Å². The Kier molecular flexibility index (Phi) is 3.23. The Bertz CT molecular complexity index is 484. The molecule has 1 aromatic heterocycles. The molecular weight excluding hydrogens is 212 g/mol. The highest BCUT2D eigenvalue weighted by Gasteiger charge is 2.13. The maximum atomic E-state index is 5.79. The molecule has 0 spiro atoms. The van der Waals surface area contributed by atoms with Crippen LogP contribution < -0.4 is 10.6 Å². The lowest BCUT2D eigenvalue weighted by atomic mass is 10.1. The molecule has 2 rings (SSSR count). The molecule has 1 aromatic carbocycles. The molecule has 1 unspecified atom stereocenters. The van der Waals surface area contributed by atoms with Crippen molar-refractivity contribution in [2.75, 3.05) is 17.7 Å². The average molecular weight is 228 g/mol. The molecule has 1 heterocycles. The second kappa shape index (κ2) is 4.82. The first-order valence-electron chi connectivity index (χ1n) is 5.54. The number of rotatable bonds is 3. The van der Waals surface area contributed by atoms with Crippen molar-refractivity contribution >= 4 is 11.6 Å². The van der Waals surface area contributed by atoms with E-state index in [1.165, 1.54) is 0 Å². The lowest BCUT2D eigenvalue weighted by Gasteiger charge is -2.25. The summed E-state index contributed by atoms with van der Waals surface area (Å²) < 4.78 is 0. The normalized spacial score (nSPS) is 12.1. The fraction of sp³-hybridized carbons (Fsp3) is 0.231. The molecule has 2 aromatic rings. The van der Waals surface area contributed by atoms with Gasteiger partial charge < -0.3 is 10.6 Å². The van der Waals surface area contributed by atoms with Crippen LogP contribution in [-0.4, -0.2) is 17.0 Å². The fourth-order valence-corrected chi connectivity index (χ4v) is 1.69. The Labute approximate surface area is 101 Å². The highest BCUT2D eigenvalue weighted by molar-refractivity contribution is 5.44. The van der Waals surface area contributed by atoms with Crippen molar-refractivity contribution < 1.29 is 0 Å². The zero-order valence-corrected chi connectivity index (χ0v) is 10.0. The van der Waals surface area contributed by atoms with E-state index in [9.17, 15) is 0 Å². The van der Waals surface area contributed by atoms with E-state index in [1.54, 1.807) is 12.4 Å². The first kappa shape index (κ1) is 11.4. The van der Waals surface area contributed by atoms with Crippen LogP contribution in [0.15, 0.2) is 42.7 Å². The lowest BCUT2D eigenvalue weighted by molar-refractivity contribution is 0.715. The minimum atomic E-state index is 0.181. The lowest BCUT2D eigenvalue weighted by Crippen LogP contribution is -2.23. The summed E-state index contributed by atoms with van der Waals surface area (Å²) in [4.78, 5) is 10.5. The molecule has 0 amide bonds. The molecule has 0 bridgehead atoms. The zero-order chi connectivity index (χ0) is 12.3. The minimum Gasteiger partial charge on any atom is -0.399 e. The smallest absolute Gasteiger partial charge is 0.225 e. The summed E-state index contributed by atoms with van der Waals surface area (Å²) in [6.45, 7) is 2.10. The van der Waals surface area contributed by atoms with E-state index in [1.807, 2.05) is 36.2 Å². The van der Waals surface area contributed by atoms with Crippen molar-refractivity contribution in [2.24, 2.45) is 0 Å². The second-order valence-corrected chi connectivity index (χ2v) is 4.01. The molecule has 0 saturated heterocycles. The van der Waals surface area contributed by atoms with Crippen LogP contribution in [0.3, 0.4) is 0 Å². The predicted molar refractivity (Wildman–Crippen MR) is 69.7 cm³/mol. The Morgan fingerprint density at radius 3 is 2.53 bits per heavy atom. The third kappa shape index (κ3) is 2.53. The van der Waals surface area contributed by atoms with Crippen molar-refractivity contribution in [3.05, 3.63) is 48.3 Å². The topological polar surface area (TPSA) is 55.0 Å². The van der Waals surface area contributed by atoms with Crippen LogP contribution in [0.4, 0.5) is 11.6 Å². The molecule has 17 heavy (non-hydrogen) atoms. The van der Waals surface area contributed by atoms with Crippen LogP contribution in [0, 0.1) is 0 Å². The van der Waals surface area contributed by atoms with Gasteiger partial charge >= 0.3 is 0 Å². The first-order valence-corrected chi connectivity index (χ1v) is 5.54. The Morgan fingerprint density at radius 2 is 1.88 bits per heavy atom. The Hall–Kier alpha value is -2.10. The molecule has 0 aliphatic heterocycles. The average Bonchev–Trinajstić information content (AvgIpc) is 2.38. The summed E-state index contributed by atoms with van der Waals surface area (Å²) in [5, 5.41) is 0. The van der Waals surface area contributed by atoms with E-state index in [2.05, 4.69) is 23.0 Å². The van der Waals surface area contributed by atoms with Gasteiger partial charge in [-0.15, -0.1) is 0 Å². The highest BCUT2D eigenvalue weighted by atomic mass is 15.2. The van der Waals surface area contributed by atoms with Gasteiger partial charge in [-0.25, -0.2) is 9.97 Å². The summed E-state index contributed by atoms with van der Waals surface area (Å²) in [6, 6.07) is 9.87. The summed E-state index contributed by atoms with van der Waals surface area (Å²) in [5.74, 6) is 0.711. The fourth-order valence-electron chi connectivity index (χ4n) is 1.69. The van der Waals surface area contributed by atoms with Gasteiger partial charge in [-0.3, -0.25) is 0 Å². The largest absolute Gasteiger partial charge is 0.399 e. The van der Waals surface area contributed by atoms with E-state index in [-0.39, 0.29) is 6.04 Å². The number of aromatic nitrogens is 2. The van der Waals surface area contributed by atoms with Crippen molar-refractivity contribution in [2.45, 2.75) is 13.0 Å². The van der Waals surface area contributed by atoms with Crippen LogP contribution in [-0.2, 0) is 0 Å². The summed E-state index contributed by atoms with van der Waals surface area (Å²) in [7, 11) is 1.98. The van der Waals surface area contributed by atoms with Crippen molar-refractivity contribution in [3.63, 3.8) is 0 Å². The van der Waals surface area contributed by atoms with E-state index in [4.69, 9.17) is 5.73 Å². The Balaban J connectivity index is 2.23. The molecule has 1 atom stereocenters. The number of nitrogens with two attached hydrogens (primary N) is 1. The monoisotopic (exact) mass is 228 g/mol. The number of hydrogen-bond donors (Lipinski definition) is 1. The van der Waals surface area contributed by atoms with Crippen molar-refractivity contribution in [3.8, 4) is 0 Å². The second-order valence-electron chi connectivity index (χ2n) is 4.01. The summed E-state index contributed by atoms with van der Waals surface area (Å²) in [6.07, 6.45) is 3.48.